The first-order chi connectivity index (χ1) is 10.5. The number of carbonyl (C=O) groups is 1. The number of allylic oxidation sites excluding steroid dienone is 2. The van der Waals surface area contributed by atoms with E-state index in [9.17, 15) is 4.79 Å². The number of hydrogen-bond acceptors (Lipinski definition) is 5. The van der Waals surface area contributed by atoms with Crippen molar-refractivity contribution in [1.82, 2.24) is 4.98 Å². The van der Waals surface area contributed by atoms with Crippen LogP contribution in [0.3, 0.4) is 0 Å². The number of nitrogens with zero attached hydrogens (tertiary/aromatic N) is 1. The van der Waals surface area contributed by atoms with Crippen LogP contribution in [0.2, 0.25) is 0 Å². The molecule has 0 spiro atoms. The number of fused-ring (bicyclic) bond motifs is 1. The molecule has 6 heteroatoms. The Morgan fingerprint density at radius 1 is 1.55 bits per heavy atom. The van der Waals surface area contributed by atoms with Gasteiger partial charge in [-0.2, -0.15) is 0 Å². The Hall–Kier alpha value is -1.66. The number of hydrogen-bond donors (Lipinski definition) is 0. The predicted molar refractivity (Wildman–Crippen MR) is 92.7 cm³/mol. The molecular formula is C16H16BrNO3S. The summed E-state index contributed by atoms with van der Waals surface area (Å²) in [7, 11) is 1.36. The van der Waals surface area contributed by atoms with Gasteiger partial charge >= 0.3 is 5.97 Å². The molecule has 1 unspecified atom stereocenters. The predicted octanol–water partition coefficient (Wildman–Crippen LogP) is 4.75. The summed E-state index contributed by atoms with van der Waals surface area (Å²) in [4.78, 5) is 16.2. The summed E-state index contributed by atoms with van der Waals surface area (Å²) >= 11 is 4.82. The molecule has 0 fully saturated rings. The molecule has 0 aliphatic heterocycles. The van der Waals surface area contributed by atoms with Crippen molar-refractivity contribution in [2.45, 2.75) is 19.4 Å². The first-order valence-corrected chi connectivity index (χ1v) is 8.28. The van der Waals surface area contributed by atoms with Gasteiger partial charge in [0.15, 0.2) is 3.92 Å². The van der Waals surface area contributed by atoms with Crippen LogP contribution in [0.25, 0.3) is 10.2 Å². The third kappa shape index (κ3) is 3.96. The van der Waals surface area contributed by atoms with E-state index in [2.05, 4.69) is 27.5 Å². The molecule has 1 aromatic heterocycles. The number of ether oxygens (including phenoxy) is 2. The third-order valence-corrected chi connectivity index (χ3v) is 4.38. The van der Waals surface area contributed by atoms with E-state index in [1.807, 2.05) is 19.1 Å². The number of carbonyl (C=O) groups excluding carboxylic acids is 1. The monoisotopic (exact) mass is 381 g/mol. The lowest BCUT2D eigenvalue weighted by molar-refractivity contribution is 0.0600. The van der Waals surface area contributed by atoms with Crippen LogP contribution in [0.4, 0.5) is 0 Å². The second kappa shape index (κ2) is 7.56. The zero-order chi connectivity index (χ0) is 16.1. The molecule has 0 saturated heterocycles. The van der Waals surface area contributed by atoms with Crippen LogP contribution in [0.5, 0.6) is 5.75 Å². The normalized spacial score (nSPS) is 12.5. The molecule has 1 heterocycles. The zero-order valence-corrected chi connectivity index (χ0v) is 14.7. The highest BCUT2D eigenvalue weighted by molar-refractivity contribution is 9.11. The quantitative estimate of drug-likeness (QED) is 0.535. The topological polar surface area (TPSA) is 48.4 Å². The molecule has 2 rings (SSSR count). The molecule has 0 N–H and O–H groups in total. The van der Waals surface area contributed by atoms with Gasteiger partial charge in [0, 0.05) is 6.42 Å². The Kier molecular flexibility index (Phi) is 5.74. The number of rotatable bonds is 6. The van der Waals surface area contributed by atoms with Crippen molar-refractivity contribution in [3.63, 3.8) is 0 Å². The summed E-state index contributed by atoms with van der Waals surface area (Å²) in [5, 5.41) is 0. The molecule has 2 aromatic rings. The van der Waals surface area contributed by atoms with E-state index in [0.29, 0.717) is 11.3 Å². The zero-order valence-electron chi connectivity index (χ0n) is 12.3. The number of thiazole rings is 1. The van der Waals surface area contributed by atoms with Crippen LogP contribution >= 0.6 is 27.3 Å². The van der Waals surface area contributed by atoms with Gasteiger partial charge in [-0.15, -0.1) is 11.3 Å². The van der Waals surface area contributed by atoms with Gasteiger partial charge in [-0.1, -0.05) is 24.8 Å². The maximum Gasteiger partial charge on any atom is 0.338 e. The SMILES string of the molecule is C=C/C=C/CC(C)Oc1cc(C(=O)OC)cc2sc(Br)nc12. The van der Waals surface area contributed by atoms with E-state index in [4.69, 9.17) is 9.47 Å². The molecule has 0 amide bonds. The van der Waals surface area contributed by atoms with E-state index in [1.165, 1.54) is 18.4 Å². The average molecular weight is 382 g/mol. The maximum absolute atomic E-state index is 11.8. The van der Waals surface area contributed by atoms with Crippen LogP contribution in [0.1, 0.15) is 23.7 Å². The van der Waals surface area contributed by atoms with Gasteiger partial charge in [0.1, 0.15) is 11.3 Å². The fraction of sp³-hybridized carbons (Fsp3) is 0.250. The van der Waals surface area contributed by atoms with Gasteiger partial charge in [-0.3, -0.25) is 0 Å². The number of aromatic nitrogens is 1. The molecule has 0 saturated carbocycles. The van der Waals surface area contributed by atoms with Crippen LogP contribution in [0, 0.1) is 0 Å². The molecule has 22 heavy (non-hydrogen) atoms. The van der Waals surface area contributed by atoms with Gasteiger partial charge < -0.3 is 9.47 Å². The Balaban J connectivity index is 2.35. The molecule has 0 bridgehead atoms. The van der Waals surface area contributed by atoms with Crippen molar-refractivity contribution in [2.24, 2.45) is 0 Å². The highest BCUT2D eigenvalue weighted by Gasteiger charge is 2.16. The first-order valence-electron chi connectivity index (χ1n) is 6.67. The molecule has 0 aliphatic carbocycles. The van der Waals surface area contributed by atoms with Crippen molar-refractivity contribution in [1.29, 1.82) is 0 Å². The fourth-order valence-corrected chi connectivity index (χ4v) is 3.38. The van der Waals surface area contributed by atoms with E-state index in [0.717, 1.165) is 20.6 Å². The molecule has 0 radical (unpaired) electrons. The smallest absolute Gasteiger partial charge is 0.338 e. The van der Waals surface area contributed by atoms with Crippen molar-refractivity contribution < 1.29 is 14.3 Å². The van der Waals surface area contributed by atoms with Gasteiger partial charge in [0.2, 0.25) is 0 Å². The number of esters is 1. The minimum Gasteiger partial charge on any atom is -0.488 e. The standard InChI is InChI=1S/C16H16BrNO3S/c1-4-5-6-7-10(2)21-12-8-11(15(19)20-3)9-13-14(12)18-16(17)22-13/h4-6,8-10H,1,7H2,2-3H3/b6-5+. The van der Waals surface area contributed by atoms with E-state index < -0.39 is 5.97 Å². The van der Waals surface area contributed by atoms with Gasteiger partial charge in [0.25, 0.3) is 0 Å². The molecule has 116 valence electrons. The molecule has 1 aromatic carbocycles. The number of halogens is 1. The third-order valence-electron chi connectivity index (χ3n) is 2.92. The highest BCUT2D eigenvalue weighted by Crippen LogP contribution is 2.34. The summed E-state index contributed by atoms with van der Waals surface area (Å²) in [5.74, 6) is 0.190. The summed E-state index contributed by atoms with van der Waals surface area (Å²) in [6.07, 6.45) is 6.27. The van der Waals surface area contributed by atoms with Crippen molar-refractivity contribution in [3.8, 4) is 5.75 Å². The Bertz CT molecular complexity index is 723. The molecule has 1 atom stereocenters. The van der Waals surface area contributed by atoms with Crippen LogP contribution in [0.15, 0.2) is 40.9 Å². The van der Waals surface area contributed by atoms with Crippen molar-refractivity contribution >= 4 is 43.5 Å². The average Bonchev–Trinajstić information content (AvgIpc) is 2.87. The van der Waals surface area contributed by atoms with Crippen LogP contribution in [-0.4, -0.2) is 24.2 Å². The van der Waals surface area contributed by atoms with E-state index in [-0.39, 0.29) is 6.10 Å². The van der Waals surface area contributed by atoms with Gasteiger partial charge in [0.05, 0.1) is 23.5 Å². The lowest BCUT2D eigenvalue weighted by atomic mass is 10.2. The Labute approximate surface area is 141 Å². The summed E-state index contributed by atoms with van der Waals surface area (Å²) in [5.41, 5.74) is 1.19. The number of methoxy groups -OCH3 is 1. The van der Waals surface area contributed by atoms with E-state index in [1.54, 1.807) is 18.2 Å². The summed E-state index contributed by atoms with van der Waals surface area (Å²) in [6, 6.07) is 3.44. The lowest BCUT2D eigenvalue weighted by Gasteiger charge is -2.14. The minimum absolute atomic E-state index is 0.0484. The molecular weight excluding hydrogens is 366 g/mol. The van der Waals surface area contributed by atoms with Crippen LogP contribution < -0.4 is 4.74 Å². The molecule has 0 aliphatic rings. The van der Waals surface area contributed by atoms with Crippen molar-refractivity contribution in [3.05, 3.63) is 46.4 Å². The Morgan fingerprint density at radius 2 is 2.32 bits per heavy atom. The van der Waals surface area contributed by atoms with Gasteiger partial charge in [-0.05, 0) is 35.0 Å². The fourth-order valence-electron chi connectivity index (χ4n) is 1.93. The van der Waals surface area contributed by atoms with Gasteiger partial charge in [-0.25, -0.2) is 9.78 Å². The largest absolute Gasteiger partial charge is 0.488 e. The highest BCUT2D eigenvalue weighted by atomic mass is 79.9. The summed E-state index contributed by atoms with van der Waals surface area (Å²) < 4.78 is 12.4. The van der Waals surface area contributed by atoms with Crippen LogP contribution in [-0.2, 0) is 4.74 Å². The van der Waals surface area contributed by atoms with E-state index >= 15 is 0 Å². The second-order valence-corrected chi connectivity index (χ2v) is 6.91. The lowest BCUT2D eigenvalue weighted by Crippen LogP contribution is -2.11. The Morgan fingerprint density at radius 3 is 3.00 bits per heavy atom. The van der Waals surface area contributed by atoms with Crippen molar-refractivity contribution in [2.75, 3.05) is 7.11 Å². The maximum atomic E-state index is 11.8. The second-order valence-electron chi connectivity index (χ2n) is 4.61. The number of benzene rings is 1. The first kappa shape index (κ1) is 16.7. The minimum atomic E-state index is -0.393. The molecule has 4 nitrogen and oxygen atoms in total. The summed E-state index contributed by atoms with van der Waals surface area (Å²) in [6.45, 7) is 5.60.